The summed E-state index contributed by atoms with van der Waals surface area (Å²) in [5.74, 6) is 0.815. The molecule has 0 aliphatic heterocycles. The van der Waals surface area contributed by atoms with E-state index < -0.39 is 0 Å². The largest absolute Gasteiger partial charge is 0.497 e. The Bertz CT molecular complexity index is 890. The van der Waals surface area contributed by atoms with Crippen molar-refractivity contribution in [2.75, 3.05) is 7.11 Å². The van der Waals surface area contributed by atoms with Crippen LogP contribution in [0.15, 0.2) is 53.7 Å². The minimum atomic E-state index is -0.329. The van der Waals surface area contributed by atoms with E-state index in [1.165, 1.54) is 11.8 Å². The number of fused-ring (bicyclic) bond motifs is 1. The first-order chi connectivity index (χ1) is 12.2. The molecule has 5 nitrogen and oxygen atoms in total. The third-order valence-electron chi connectivity index (χ3n) is 4.16. The summed E-state index contributed by atoms with van der Waals surface area (Å²) in [6.07, 6.45) is 2.14. The van der Waals surface area contributed by atoms with Crippen LogP contribution >= 0.6 is 11.8 Å². The van der Waals surface area contributed by atoms with Gasteiger partial charge >= 0.3 is 0 Å². The Morgan fingerprint density at radius 2 is 2.08 bits per heavy atom. The number of hydrogen-bond donors (Lipinski definition) is 2. The van der Waals surface area contributed by atoms with Crippen LogP contribution in [-0.2, 0) is 4.79 Å². The summed E-state index contributed by atoms with van der Waals surface area (Å²) < 4.78 is 5.25. The molecule has 1 aliphatic carbocycles. The van der Waals surface area contributed by atoms with E-state index >= 15 is 0 Å². The Hall–Kier alpha value is -2.47. The van der Waals surface area contributed by atoms with Gasteiger partial charge in [-0.2, -0.15) is 0 Å². The lowest BCUT2D eigenvalue weighted by Gasteiger charge is -2.15. The summed E-state index contributed by atoms with van der Waals surface area (Å²) in [5, 5.41) is 3.50. The molecule has 25 heavy (non-hydrogen) atoms. The Morgan fingerprint density at radius 1 is 1.28 bits per heavy atom. The van der Waals surface area contributed by atoms with Crippen molar-refractivity contribution in [3.05, 3.63) is 54.1 Å². The third kappa shape index (κ3) is 3.64. The Kier molecular flexibility index (Phi) is 4.36. The molecule has 1 atom stereocenters. The summed E-state index contributed by atoms with van der Waals surface area (Å²) in [7, 11) is 1.64. The fraction of sp³-hybridized carbons (Fsp3) is 0.263. The summed E-state index contributed by atoms with van der Waals surface area (Å²) in [6, 6.07) is 15.9. The van der Waals surface area contributed by atoms with Gasteiger partial charge in [-0.25, -0.2) is 4.98 Å². The van der Waals surface area contributed by atoms with Crippen LogP contribution in [0, 0.1) is 0 Å². The van der Waals surface area contributed by atoms with Crippen molar-refractivity contribution in [1.29, 1.82) is 0 Å². The predicted molar refractivity (Wildman–Crippen MR) is 98.9 cm³/mol. The predicted octanol–water partition coefficient (Wildman–Crippen LogP) is 3.68. The van der Waals surface area contributed by atoms with Gasteiger partial charge in [-0.05, 0) is 30.5 Å². The maximum atomic E-state index is 12.7. The van der Waals surface area contributed by atoms with Gasteiger partial charge in [0.25, 0.3) is 0 Å². The highest BCUT2D eigenvalue weighted by Crippen LogP contribution is 2.36. The van der Waals surface area contributed by atoms with Crippen molar-refractivity contribution in [2.45, 2.75) is 29.3 Å². The molecule has 128 valence electrons. The average Bonchev–Trinajstić information content (AvgIpc) is 3.36. The number of nitrogens with one attached hydrogen (secondary N) is 2. The second-order valence-corrected chi connectivity index (χ2v) is 7.21. The van der Waals surface area contributed by atoms with Gasteiger partial charge in [0.1, 0.15) is 11.0 Å². The summed E-state index contributed by atoms with van der Waals surface area (Å²) in [4.78, 5) is 20.6. The molecule has 1 aromatic heterocycles. The number of amides is 1. The first-order valence-corrected chi connectivity index (χ1v) is 9.16. The van der Waals surface area contributed by atoms with E-state index in [4.69, 9.17) is 4.74 Å². The molecule has 4 rings (SSSR count). The van der Waals surface area contributed by atoms with Gasteiger partial charge in [0.2, 0.25) is 5.91 Å². The van der Waals surface area contributed by atoms with Gasteiger partial charge < -0.3 is 15.0 Å². The van der Waals surface area contributed by atoms with Crippen molar-refractivity contribution in [2.24, 2.45) is 0 Å². The number of methoxy groups -OCH3 is 1. The summed E-state index contributed by atoms with van der Waals surface area (Å²) in [6.45, 7) is 0. The molecule has 1 unspecified atom stereocenters. The van der Waals surface area contributed by atoms with Crippen molar-refractivity contribution < 1.29 is 9.53 Å². The quantitative estimate of drug-likeness (QED) is 0.663. The lowest BCUT2D eigenvalue weighted by atomic mass is 10.1. The Balaban J connectivity index is 1.62. The molecular weight excluding hydrogens is 334 g/mol. The zero-order chi connectivity index (χ0) is 17.2. The number of benzene rings is 2. The number of nitrogens with zero attached hydrogens (tertiary/aromatic N) is 1. The molecule has 6 heteroatoms. The number of thioether (sulfide) groups is 1. The maximum Gasteiger partial charge on any atom is 0.238 e. The Labute approximate surface area is 150 Å². The van der Waals surface area contributed by atoms with Crippen LogP contribution in [0.5, 0.6) is 5.75 Å². The fourth-order valence-electron chi connectivity index (χ4n) is 2.67. The maximum absolute atomic E-state index is 12.7. The van der Waals surface area contributed by atoms with E-state index in [1.54, 1.807) is 7.11 Å². The van der Waals surface area contributed by atoms with Crippen molar-refractivity contribution in [1.82, 2.24) is 15.3 Å². The lowest BCUT2D eigenvalue weighted by Crippen LogP contribution is -2.29. The van der Waals surface area contributed by atoms with Gasteiger partial charge in [-0.1, -0.05) is 42.1 Å². The van der Waals surface area contributed by atoms with E-state index in [9.17, 15) is 4.79 Å². The van der Waals surface area contributed by atoms with Crippen LogP contribution in [-0.4, -0.2) is 29.0 Å². The molecule has 1 fully saturated rings. The second kappa shape index (κ2) is 6.80. The molecule has 1 heterocycles. The topological polar surface area (TPSA) is 67.0 Å². The average molecular weight is 353 g/mol. The molecule has 3 aromatic rings. The van der Waals surface area contributed by atoms with Crippen LogP contribution < -0.4 is 10.1 Å². The highest BCUT2D eigenvalue weighted by molar-refractivity contribution is 8.00. The number of aromatic amines is 1. The van der Waals surface area contributed by atoms with Gasteiger partial charge in [0.15, 0.2) is 5.16 Å². The van der Waals surface area contributed by atoms with Crippen LogP contribution in [0.2, 0.25) is 0 Å². The van der Waals surface area contributed by atoms with Crippen LogP contribution in [0.4, 0.5) is 0 Å². The van der Waals surface area contributed by atoms with Crippen molar-refractivity contribution in [3.63, 3.8) is 0 Å². The van der Waals surface area contributed by atoms with Crippen molar-refractivity contribution >= 4 is 28.7 Å². The molecule has 1 saturated carbocycles. The lowest BCUT2D eigenvalue weighted by molar-refractivity contribution is -0.120. The minimum Gasteiger partial charge on any atom is -0.497 e. The standard InChI is InChI=1S/C19H19N3O2S/c1-24-14-9-10-15-16(11-14)22-19(21-15)25-17(12-5-3-2-4-6-12)18(23)20-13-7-8-13/h2-6,9-11,13,17H,7-8H2,1H3,(H,20,23)(H,21,22). The fourth-order valence-corrected chi connectivity index (χ4v) is 3.68. The molecule has 0 spiro atoms. The van der Waals surface area contributed by atoms with Gasteiger partial charge in [0, 0.05) is 12.1 Å². The smallest absolute Gasteiger partial charge is 0.238 e. The monoisotopic (exact) mass is 353 g/mol. The summed E-state index contributed by atoms with van der Waals surface area (Å²) >= 11 is 1.44. The molecule has 1 amide bonds. The molecule has 0 bridgehead atoms. The zero-order valence-electron chi connectivity index (χ0n) is 13.9. The summed E-state index contributed by atoms with van der Waals surface area (Å²) in [5.41, 5.74) is 2.73. The number of carbonyl (C=O) groups excluding carboxylic acids is 1. The Morgan fingerprint density at radius 3 is 2.80 bits per heavy atom. The molecule has 2 aromatic carbocycles. The highest BCUT2D eigenvalue weighted by Gasteiger charge is 2.29. The minimum absolute atomic E-state index is 0.0386. The van der Waals surface area contributed by atoms with E-state index in [1.807, 2.05) is 48.5 Å². The van der Waals surface area contributed by atoms with Gasteiger partial charge in [-0.15, -0.1) is 0 Å². The molecule has 0 saturated heterocycles. The SMILES string of the molecule is COc1ccc2nc(SC(C(=O)NC3CC3)c3ccccc3)[nH]c2c1. The number of ether oxygens (including phenoxy) is 1. The van der Waals surface area contributed by atoms with E-state index in [2.05, 4.69) is 15.3 Å². The van der Waals surface area contributed by atoms with Crippen LogP contribution in [0.3, 0.4) is 0 Å². The van der Waals surface area contributed by atoms with Gasteiger partial charge in [-0.3, -0.25) is 4.79 Å². The van der Waals surface area contributed by atoms with Crippen LogP contribution in [0.25, 0.3) is 11.0 Å². The molecule has 0 radical (unpaired) electrons. The number of hydrogen-bond acceptors (Lipinski definition) is 4. The zero-order valence-corrected chi connectivity index (χ0v) is 14.7. The molecule has 2 N–H and O–H groups in total. The number of imidazole rings is 1. The number of rotatable bonds is 6. The number of aromatic nitrogens is 2. The first-order valence-electron chi connectivity index (χ1n) is 8.28. The second-order valence-electron chi connectivity index (χ2n) is 6.12. The first kappa shape index (κ1) is 16.0. The number of carbonyl (C=O) groups is 1. The van der Waals surface area contributed by atoms with Gasteiger partial charge in [0.05, 0.1) is 18.1 Å². The highest BCUT2D eigenvalue weighted by atomic mass is 32.2. The number of H-pyrrole nitrogens is 1. The van der Waals surface area contributed by atoms with Crippen LogP contribution in [0.1, 0.15) is 23.7 Å². The van der Waals surface area contributed by atoms with E-state index in [-0.39, 0.29) is 11.2 Å². The molecular formula is C19H19N3O2S. The van der Waals surface area contributed by atoms with E-state index in [0.29, 0.717) is 6.04 Å². The molecule has 1 aliphatic rings. The third-order valence-corrected chi connectivity index (χ3v) is 5.30. The van der Waals surface area contributed by atoms with Crippen molar-refractivity contribution in [3.8, 4) is 5.75 Å². The normalized spacial score (nSPS) is 15.1. The van der Waals surface area contributed by atoms with E-state index in [0.717, 1.165) is 40.3 Å².